The summed E-state index contributed by atoms with van der Waals surface area (Å²) in [4.78, 5) is 43.6. The molecule has 0 saturated carbocycles. The summed E-state index contributed by atoms with van der Waals surface area (Å²) in [5.41, 5.74) is 1.32. The molecular weight excluding hydrogens is 432 g/mol. The number of H-pyrrole nitrogens is 1. The normalized spacial score (nSPS) is 19.3. The van der Waals surface area contributed by atoms with Gasteiger partial charge in [0.15, 0.2) is 5.78 Å². The third-order valence-corrected chi connectivity index (χ3v) is 6.08. The molecule has 0 spiro atoms. The Morgan fingerprint density at radius 2 is 1.94 bits per heavy atom. The summed E-state index contributed by atoms with van der Waals surface area (Å²) < 4.78 is 5.65. The van der Waals surface area contributed by atoms with Gasteiger partial charge in [0, 0.05) is 18.9 Å². The van der Waals surface area contributed by atoms with Crippen LogP contribution in [0, 0.1) is 5.41 Å². The second-order valence-electron chi connectivity index (χ2n) is 10.1. The lowest BCUT2D eigenvalue weighted by Gasteiger charge is -2.31. The van der Waals surface area contributed by atoms with Crippen LogP contribution in [-0.2, 0) is 20.7 Å². The lowest BCUT2D eigenvalue weighted by molar-refractivity contribution is -0.128. The summed E-state index contributed by atoms with van der Waals surface area (Å²) in [5.74, 6) is -0.852. The number of nitrogens with one attached hydrogen (secondary N) is 3. The van der Waals surface area contributed by atoms with Crippen LogP contribution in [0.15, 0.2) is 48.8 Å². The van der Waals surface area contributed by atoms with Crippen molar-refractivity contribution in [3.8, 4) is 0 Å². The highest BCUT2D eigenvalue weighted by atomic mass is 16.5. The first-order chi connectivity index (χ1) is 16.1. The van der Waals surface area contributed by atoms with Crippen molar-refractivity contribution in [1.82, 2.24) is 20.5 Å². The maximum atomic E-state index is 13.4. The minimum absolute atomic E-state index is 0.0110. The summed E-state index contributed by atoms with van der Waals surface area (Å²) >= 11 is 0. The lowest BCUT2D eigenvalue weighted by Crippen LogP contribution is -2.54. The molecule has 3 rings (SSSR count). The van der Waals surface area contributed by atoms with Crippen LogP contribution < -0.4 is 10.6 Å². The first-order valence-corrected chi connectivity index (χ1v) is 11.7. The number of ketones is 1. The van der Waals surface area contributed by atoms with Crippen LogP contribution >= 0.6 is 0 Å². The fourth-order valence-electron chi connectivity index (χ4n) is 4.33. The summed E-state index contributed by atoms with van der Waals surface area (Å²) in [6, 6.07) is 10.2. The van der Waals surface area contributed by atoms with Crippen LogP contribution in [0.2, 0.25) is 0 Å². The average Bonchev–Trinajstić information content (AvgIpc) is 3.43. The standard InChI is InChI=1S/C26H36N4O4/c1-26(2,14-18-8-6-5-7-9-18)15-20(28-24(32)19-10-12-27-16-19)25(33)29-23-21(31)17-34-22(23)11-13-30(3)4/h5-10,12,16,20,22-23,27H,11,13-15,17H2,1-4H3,(H,28,32)(H,29,33)/t20-,22?,23?/m0/s1. The van der Waals surface area contributed by atoms with E-state index in [1.807, 2.05) is 37.2 Å². The number of hydrogen-bond donors (Lipinski definition) is 3. The first-order valence-electron chi connectivity index (χ1n) is 11.7. The Morgan fingerprint density at radius 1 is 1.21 bits per heavy atom. The van der Waals surface area contributed by atoms with Gasteiger partial charge >= 0.3 is 0 Å². The average molecular weight is 469 g/mol. The highest BCUT2D eigenvalue weighted by Crippen LogP contribution is 2.28. The topological polar surface area (TPSA) is 104 Å². The minimum atomic E-state index is -0.802. The van der Waals surface area contributed by atoms with E-state index in [1.165, 1.54) is 0 Å². The monoisotopic (exact) mass is 468 g/mol. The molecule has 2 aromatic rings. The third kappa shape index (κ3) is 7.27. The predicted octanol–water partition coefficient (Wildman–Crippen LogP) is 2.18. The third-order valence-electron chi connectivity index (χ3n) is 6.08. The molecule has 2 heterocycles. The van der Waals surface area contributed by atoms with Gasteiger partial charge in [-0.05, 0) is 50.4 Å². The number of hydrogen-bond acceptors (Lipinski definition) is 5. The van der Waals surface area contributed by atoms with Crippen molar-refractivity contribution in [2.45, 2.75) is 51.3 Å². The summed E-state index contributed by atoms with van der Waals surface area (Å²) in [6.07, 6.45) is 4.65. The van der Waals surface area contributed by atoms with E-state index < -0.39 is 12.1 Å². The van der Waals surface area contributed by atoms with E-state index in [1.54, 1.807) is 18.5 Å². The van der Waals surface area contributed by atoms with E-state index in [0.29, 0.717) is 18.4 Å². The molecule has 0 radical (unpaired) electrons. The number of aromatic nitrogens is 1. The number of benzene rings is 1. The summed E-state index contributed by atoms with van der Waals surface area (Å²) in [7, 11) is 3.90. The van der Waals surface area contributed by atoms with E-state index >= 15 is 0 Å². The molecule has 34 heavy (non-hydrogen) atoms. The van der Waals surface area contributed by atoms with E-state index in [2.05, 4.69) is 41.6 Å². The molecule has 184 valence electrons. The Kier molecular flexibility index (Phi) is 8.63. The fourth-order valence-corrected chi connectivity index (χ4v) is 4.33. The molecule has 1 aromatic carbocycles. The molecule has 1 aromatic heterocycles. The molecule has 1 fully saturated rings. The molecule has 0 bridgehead atoms. The zero-order valence-electron chi connectivity index (χ0n) is 20.5. The van der Waals surface area contributed by atoms with Crippen molar-refractivity contribution in [1.29, 1.82) is 0 Å². The molecule has 3 N–H and O–H groups in total. The zero-order chi connectivity index (χ0) is 24.7. The van der Waals surface area contributed by atoms with Gasteiger partial charge in [-0.3, -0.25) is 14.4 Å². The van der Waals surface area contributed by atoms with E-state index in [9.17, 15) is 14.4 Å². The number of aromatic amines is 1. The lowest BCUT2D eigenvalue weighted by atomic mass is 9.79. The molecule has 1 aliphatic rings. The van der Waals surface area contributed by atoms with Crippen molar-refractivity contribution < 1.29 is 19.1 Å². The van der Waals surface area contributed by atoms with Crippen LogP contribution in [0.4, 0.5) is 0 Å². The van der Waals surface area contributed by atoms with Gasteiger partial charge in [0.2, 0.25) is 5.91 Å². The van der Waals surface area contributed by atoms with Gasteiger partial charge in [-0.1, -0.05) is 44.2 Å². The van der Waals surface area contributed by atoms with Crippen molar-refractivity contribution in [3.05, 3.63) is 59.9 Å². The van der Waals surface area contributed by atoms with Crippen LogP contribution in [-0.4, -0.2) is 72.9 Å². The van der Waals surface area contributed by atoms with Gasteiger partial charge in [0.05, 0.1) is 11.7 Å². The number of Topliss-reactive ketones (excluding diaryl/α,β-unsaturated/α-hetero) is 1. The first kappa shape index (κ1) is 25.6. The van der Waals surface area contributed by atoms with Gasteiger partial charge in [-0.25, -0.2) is 0 Å². The Bertz CT molecular complexity index is 956. The number of nitrogens with zero attached hydrogens (tertiary/aromatic N) is 1. The Balaban J connectivity index is 1.74. The molecule has 2 amide bonds. The van der Waals surface area contributed by atoms with Crippen molar-refractivity contribution >= 4 is 17.6 Å². The Labute approximate surface area is 201 Å². The number of carbonyl (C=O) groups is 3. The van der Waals surface area contributed by atoms with Gasteiger partial charge in [-0.2, -0.15) is 0 Å². The molecule has 0 aliphatic carbocycles. The van der Waals surface area contributed by atoms with Crippen LogP contribution in [0.5, 0.6) is 0 Å². The quantitative estimate of drug-likeness (QED) is 0.469. The number of amides is 2. The molecule has 3 atom stereocenters. The highest BCUT2D eigenvalue weighted by molar-refractivity contribution is 5.98. The SMILES string of the molecule is CN(C)CCC1OCC(=O)C1NC(=O)[C@H](CC(C)(C)Cc1ccccc1)NC(=O)c1cc[nH]c1. The summed E-state index contributed by atoms with van der Waals surface area (Å²) in [5, 5.41) is 5.77. The highest BCUT2D eigenvalue weighted by Gasteiger charge is 2.39. The molecule has 1 saturated heterocycles. The maximum absolute atomic E-state index is 13.4. The van der Waals surface area contributed by atoms with E-state index in [4.69, 9.17) is 4.74 Å². The minimum Gasteiger partial charge on any atom is -0.368 e. The molecule has 2 unspecified atom stereocenters. The van der Waals surface area contributed by atoms with Gasteiger partial charge in [0.25, 0.3) is 5.91 Å². The fraction of sp³-hybridized carbons (Fsp3) is 0.500. The summed E-state index contributed by atoms with van der Waals surface area (Å²) in [6.45, 7) is 4.88. The number of rotatable bonds is 11. The van der Waals surface area contributed by atoms with Crippen LogP contribution in [0.25, 0.3) is 0 Å². The predicted molar refractivity (Wildman–Crippen MR) is 130 cm³/mol. The number of carbonyl (C=O) groups excluding carboxylic acids is 3. The Hall–Kier alpha value is -2.97. The van der Waals surface area contributed by atoms with Gasteiger partial charge in [0.1, 0.15) is 18.7 Å². The zero-order valence-corrected chi connectivity index (χ0v) is 20.5. The smallest absolute Gasteiger partial charge is 0.253 e. The van der Waals surface area contributed by atoms with Gasteiger partial charge < -0.3 is 25.3 Å². The van der Waals surface area contributed by atoms with Crippen molar-refractivity contribution in [3.63, 3.8) is 0 Å². The van der Waals surface area contributed by atoms with Gasteiger partial charge in [-0.15, -0.1) is 0 Å². The molecular formula is C26H36N4O4. The molecule has 8 nitrogen and oxygen atoms in total. The van der Waals surface area contributed by atoms with Crippen LogP contribution in [0.1, 0.15) is 42.6 Å². The largest absolute Gasteiger partial charge is 0.368 e. The van der Waals surface area contributed by atoms with E-state index in [0.717, 1.165) is 18.5 Å². The maximum Gasteiger partial charge on any atom is 0.253 e. The number of ether oxygens (including phenoxy) is 1. The van der Waals surface area contributed by atoms with E-state index in [-0.39, 0.29) is 35.7 Å². The molecule has 8 heteroatoms. The van der Waals surface area contributed by atoms with Crippen molar-refractivity contribution in [2.24, 2.45) is 5.41 Å². The second kappa shape index (κ2) is 11.4. The van der Waals surface area contributed by atoms with Crippen molar-refractivity contribution in [2.75, 3.05) is 27.2 Å². The molecule has 1 aliphatic heterocycles. The second-order valence-corrected chi connectivity index (χ2v) is 10.1. The Morgan fingerprint density at radius 3 is 2.59 bits per heavy atom. The van der Waals surface area contributed by atoms with Crippen LogP contribution in [0.3, 0.4) is 0 Å².